The topological polar surface area (TPSA) is 25.8 Å². The van der Waals surface area contributed by atoms with E-state index in [1.807, 2.05) is 0 Å². The van der Waals surface area contributed by atoms with Gasteiger partial charge in [0.2, 0.25) is 0 Å². The van der Waals surface area contributed by atoms with Crippen LogP contribution in [0.25, 0.3) is 0 Å². The highest BCUT2D eigenvalue weighted by Gasteiger charge is 2.09. The van der Waals surface area contributed by atoms with Crippen molar-refractivity contribution in [3.05, 3.63) is 20.2 Å². The van der Waals surface area contributed by atoms with Gasteiger partial charge in [-0.05, 0) is 35.4 Å². The number of aryl methyl sites for hydroxylation is 2. The SMILES string of the molecule is CCCCc1nc(Cl)c(I)c(CCC)n1. The maximum Gasteiger partial charge on any atom is 0.146 e. The van der Waals surface area contributed by atoms with E-state index in [9.17, 15) is 0 Å². The molecule has 0 N–H and O–H groups in total. The number of halogens is 2. The van der Waals surface area contributed by atoms with Crippen LogP contribution in [0.4, 0.5) is 0 Å². The van der Waals surface area contributed by atoms with Gasteiger partial charge in [0.15, 0.2) is 0 Å². The molecule has 0 unspecified atom stereocenters. The van der Waals surface area contributed by atoms with Crippen LogP contribution in [-0.2, 0) is 12.8 Å². The molecule has 1 aromatic rings. The Balaban J connectivity index is 2.90. The molecule has 1 aromatic heterocycles. The normalized spacial score (nSPS) is 10.7. The molecule has 0 atom stereocenters. The van der Waals surface area contributed by atoms with Gasteiger partial charge >= 0.3 is 0 Å². The smallest absolute Gasteiger partial charge is 0.146 e. The van der Waals surface area contributed by atoms with Gasteiger partial charge in [-0.2, -0.15) is 0 Å². The summed E-state index contributed by atoms with van der Waals surface area (Å²) in [5, 5.41) is 0.611. The van der Waals surface area contributed by atoms with Gasteiger partial charge in [0.05, 0.1) is 9.26 Å². The van der Waals surface area contributed by atoms with Gasteiger partial charge in [0, 0.05) is 6.42 Å². The Hall–Kier alpha value is 0.1000. The van der Waals surface area contributed by atoms with E-state index in [1.165, 1.54) is 0 Å². The molecule has 0 fully saturated rings. The van der Waals surface area contributed by atoms with Gasteiger partial charge in [-0.25, -0.2) is 9.97 Å². The number of rotatable bonds is 5. The Labute approximate surface area is 110 Å². The van der Waals surface area contributed by atoms with Crippen molar-refractivity contribution in [2.24, 2.45) is 0 Å². The van der Waals surface area contributed by atoms with Gasteiger partial charge in [0.25, 0.3) is 0 Å². The molecule has 84 valence electrons. The molecule has 0 aliphatic heterocycles. The lowest BCUT2D eigenvalue weighted by molar-refractivity contribution is 0.735. The number of unbranched alkanes of at least 4 members (excludes halogenated alkanes) is 1. The summed E-state index contributed by atoms with van der Waals surface area (Å²) in [5.41, 5.74) is 1.10. The number of aromatic nitrogens is 2. The summed E-state index contributed by atoms with van der Waals surface area (Å²) < 4.78 is 1.01. The highest BCUT2D eigenvalue weighted by molar-refractivity contribution is 14.1. The van der Waals surface area contributed by atoms with Crippen molar-refractivity contribution in [3.8, 4) is 0 Å². The molecule has 0 saturated heterocycles. The molecule has 4 heteroatoms. The van der Waals surface area contributed by atoms with Crippen LogP contribution in [0, 0.1) is 3.57 Å². The zero-order chi connectivity index (χ0) is 11.3. The van der Waals surface area contributed by atoms with Crippen LogP contribution >= 0.6 is 34.2 Å². The van der Waals surface area contributed by atoms with E-state index < -0.39 is 0 Å². The van der Waals surface area contributed by atoms with Crippen molar-refractivity contribution in [3.63, 3.8) is 0 Å². The van der Waals surface area contributed by atoms with E-state index in [1.54, 1.807) is 0 Å². The second-order valence-electron chi connectivity index (χ2n) is 3.54. The molecule has 15 heavy (non-hydrogen) atoms. The van der Waals surface area contributed by atoms with Gasteiger partial charge in [0.1, 0.15) is 11.0 Å². The summed E-state index contributed by atoms with van der Waals surface area (Å²) in [7, 11) is 0. The zero-order valence-corrected chi connectivity index (χ0v) is 12.1. The van der Waals surface area contributed by atoms with E-state index in [-0.39, 0.29) is 0 Å². The van der Waals surface area contributed by atoms with E-state index in [0.29, 0.717) is 5.15 Å². The summed E-state index contributed by atoms with van der Waals surface area (Å²) in [4.78, 5) is 8.86. The molecular formula is C11H16ClIN2. The molecule has 0 spiro atoms. The fourth-order valence-electron chi connectivity index (χ4n) is 1.36. The Bertz CT molecular complexity index is 329. The highest BCUT2D eigenvalue weighted by atomic mass is 127. The molecule has 0 saturated carbocycles. The van der Waals surface area contributed by atoms with E-state index in [4.69, 9.17) is 11.6 Å². The van der Waals surface area contributed by atoms with Crippen molar-refractivity contribution >= 4 is 34.2 Å². The van der Waals surface area contributed by atoms with Gasteiger partial charge < -0.3 is 0 Å². The van der Waals surface area contributed by atoms with Crippen molar-refractivity contribution in [2.75, 3.05) is 0 Å². The standard InChI is InChI=1S/C11H16ClIN2/c1-3-5-7-9-14-8(6-4-2)10(13)11(12)15-9/h3-7H2,1-2H3. The van der Waals surface area contributed by atoms with Gasteiger partial charge in [-0.15, -0.1) is 0 Å². The van der Waals surface area contributed by atoms with E-state index in [0.717, 1.165) is 47.2 Å². The predicted molar refractivity (Wildman–Crippen MR) is 72.4 cm³/mol. The van der Waals surface area contributed by atoms with Crippen molar-refractivity contribution in [1.29, 1.82) is 0 Å². The lowest BCUT2D eigenvalue weighted by Gasteiger charge is -2.06. The predicted octanol–water partition coefficient (Wildman–Crippen LogP) is 4.03. The Morgan fingerprint density at radius 2 is 1.87 bits per heavy atom. The Morgan fingerprint density at radius 1 is 1.13 bits per heavy atom. The molecule has 0 radical (unpaired) electrons. The first kappa shape index (κ1) is 13.2. The number of hydrogen-bond donors (Lipinski definition) is 0. The van der Waals surface area contributed by atoms with Crippen molar-refractivity contribution < 1.29 is 0 Å². The minimum Gasteiger partial charge on any atom is -0.237 e. The molecule has 0 aliphatic carbocycles. The van der Waals surface area contributed by atoms with E-state index >= 15 is 0 Å². The Morgan fingerprint density at radius 3 is 2.47 bits per heavy atom. The summed E-state index contributed by atoms with van der Waals surface area (Å²) in [6, 6.07) is 0. The van der Waals surface area contributed by atoms with Gasteiger partial charge in [-0.1, -0.05) is 38.3 Å². The molecule has 2 nitrogen and oxygen atoms in total. The van der Waals surface area contributed by atoms with E-state index in [2.05, 4.69) is 46.4 Å². The third-order valence-corrected chi connectivity index (χ3v) is 3.89. The molecule has 0 aromatic carbocycles. The second kappa shape index (κ2) is 6.63. The van der Waals surface area contributed by atoms with Crippen LogP contribution in [0.15, 0.2) is 0 Å². The average molecular weight is 339 g/mol. The lowest BCUT2D eigenvalue weighted by atomic mass is 10.2. The molecule has 1 heterocycles. The molecule has 0 bridgehead atoms. The van der Waals surface area contributed by atoms with Crippen LogP contribution in [0.2, 0.25) is 5.15 Å². The van der Waals surface area contributed by atoms with Crippen LogP contribution in [0.5, 0.6) is 0 Å². The van der Waals surface area contributed by atoms with Crippen LogP contribution < -0.4 is 0 Å². The summed E-state index contributed by atoms with van der Waals surface area (Å²) in [6.07, 6.45) is 5.30. The third-order valence-electron chi connectivity index (χ3n) is 2.17. The quantitative estimate of drug-likeness (QED) is 0.598. The second-order valence-corrected chi connectivity index (χ2v) is 4.98. The fourth-order valence-corrected chi connectivity index (χ4v) is 2.08. The van der Waals surface area contributed by atoms with Crippen LogP contribution in [0.3, 0.4) is 0 Å². The monoisotopic (exact) mass is 338 g/mol. The zero-order valence-electron chi connectivity index (χ0n) is 9.19. The lowest BCUT2D eigenvalue weighted by Crippen LogP contribution is -2.03. The summed E-state index contributed by atoms with van der Waals surface area (Å²) >= 11 is 8.30. The highest BCUT2D eigenvalue weighted by Crippen LogP contribution is 2.20. The fraction of sp³-hybridized carbons (Fsp3) is 0.636. The minimum atomic E-state index is 0.611. The van der Waals surface area contributed by atoms with Crippen molar-refractivity contribution in [2.45, 2.75) is 46.0 Å². The van der Waals surface area contributed by atoms with Crippen LogP contribution in [-0.4, -0.2) is 9.97 Å². The number of hydrogen-bond acceptors (Lipinski definition) is 2. The summed E-state index contributed by atoms with van der Waals surface area (Å²) in [5.74, 6) is 0.894. The number of nitrogens with zero attached hydrogens (tertiary/aromatic N) is 2. The average Bonchev–Trinajstić information content (AvgIpc) is 2.22. The van der Waals surface area contributed by atoms with Gasteiger partial charge in [-0.3, -0.25) is 0 Å². The molecule has 0 amide bonds. The largest absolute Gasteiger partial charge is 0.237 e. The molecular weight excluding hydrogens is 322 g/mol. The minimum absolute atomic E-state index is 0.611. The maximum atomic E-state index is 6.08. The molecule has 1 rings (SSSR count). The third kappa shape index (κ3) is 3.87. The maximum absolute atomic E-state index is 6.08. The first-order valence-electron chi connectivity index (χ1n) is 5.39. The first-order chi connectivity index (χ1) is 7.19. The first-order valence-corrected chi connectivity index (χ1v) is 6.85. The Kier molecular flexibility index (Phi) is 5.82. The van der Waals surface area contributed by atoms with Crippen molar-refractivity contribution in [1.82, 2.24) is 9.97 Å². The van der Waals surface area contributed by atoms with Crippen LogP contribution in [0.1, 0.15) is 44.6 Å². The molecule has 0 aliphatic rings. The summed E-state index contributed by atoms with van der Waals surface area (Å²) in [6.45, 7) is 4.32.